The zero-order valence-corrected chi connectivity index (χ0v) is 20.1. The van der Waals surface area contributed by atoms with Crippen molar-refractivity contribution in [3.8, 4) is 0 Å². The molecule has 0 bridgehead atoms. The van der Waals surface area contributed by atoms with Gasteiger partial charge < -0.3 is 60.2 Å². The summed E-state index contributed by atoms with van der Waals surface area (Å²) >= 11 is 0. The number of rotatable bonds is 9. The average molecular weight is 590 g/mol. The molecule has 3 aliphatic heterocycles. The highest BCUT2D eigenvalue weighted by atomic mass is 31.2. The van der Waals surface area contributed by atoms with Crippen molar-refractivity contribution in [1.29, 1.82) is 0 Å². The SMILES string of the molecule is O=P(O[C@H]1O[C@H](CO)[C@H](O)[C@H](O)[C@H]1F)(O[C@H]1O[C@H](CO)[C@H](O)[C@H](O)[C@H]1F)O[C@H]1O[C@H](CO)[C@H](O)[C@H](O)[C@H]1F. The normalized spacial score (nSPS) is 48.7. The maximum Gasteiger partial charge on any atom is 0.482 e. The molecule has 0 amide bonds. The molecule has 0 aromatic heterocycles. The minimum Gasteiger partial charge on any atom is -0.394 e. The van der Waals surface area contributed by atoms with Gasteiger partial charge in [0.25, 0.3) is 0 Å². The molecule has 20 heteroatoms. The second-order valence-corrected chi connectivity index (χ2v) is 10.2. The Morgan fingerprint density at radius 1 is 0.526 bits per heavy atom. The van der Waals surface area contributed by atoms with Crippen molar-refractivity contribution in [1.82, 2.24) is 0 Å². The van der Waals surface area contributed by atoms with Crippen LogP contribution in [0.3, 0.4) is 0 Å². The van der Waals surface area contributed by atoms with E-state index in [2.05, 4.69) is 0 Å². The highest BCUT2D eigenvalue weighted by molar-refractivity contribution is 7.48. The van der Waals surface area contributed by atoms with Gasteiger partial charge in [-0.15, -0.1) is 0 Å². The summed E-state index contributed by atoms with van der Waals surface area (Å²) in [5.41, 5.74) is 0. The minimum atomic E-state index is -5.70. The first-order valence-corrected chi connectivity index (χ1v) is 12.7. The van der Waals surface area contributed by atoms with E-state index in [4.69, 9.17) is 27.8 Å². The summed E-state index contributed by atoms with van der Waals surface area (Å²) in [7, 11) is -5.70. The highest BCUT2D eigenvalue weighted by Gasteiger charge is 2.55. The molecule has 0 spiro atoms. The Kier molecular flexibility index (Phi) is 10.9. The molecule has 15 atom stereocenters. The second kappa shape index (κ2) is 12.9. The van der Waals surface area contributed by atoms with E-state index in [1.807, 2.05) is 0 Å². The summed E-state index contributed by atoms with van der Waals surface area (Å²) < 4.78 is 86.9. The Morgan fingerprint density at radius 3 is 0.974 bits per heavy atom. The monoisotopic (exact) mass is 590 g/mol. The van der Waals surface area contributed by atoms with Gasteiger partial charge in [-0.3, -0.25) is 13.6 Å². The van der Waals surface area contributed by atoms with E-state index >= 15 is 0 Å². The van der Waals surface area contributed by atoms with Crippen molar-refractivity contribution in [2.24, 2.45) is 0 Å². The van der Waals surface area contributed by atoms with Gasteiger partial charge in [-0.05, 0) is 0 Å². The van der Waals surface area contributed by atoms with Gasteiger partial charge in [0.1, 0.15) is 54.9 Å². The smallest absolute Gasteiger partial charge is 0.394 e. The van der Waals surface area contributed by atoms with Crippen molar-refractivity contribution >= 4 is 7.82 Å². The molecule has 3 saturated heterocycles. The molecule has 16 nitrogen and oxygen atoms in total. The van der Waals surface area contributed by atoms with Crippen molar-refractivity contribution in [3.05, 3.63) is 0 Å². The van der Waals surface area contributed by atoms with Crippen LogP contribution in [0.25, 0.3) is 0 Å². The molecule has 9 N–H and O–H groups in total. The summed E-state index contributed by atoms with van der Waals surface area (Å²) in [6.07, 6.45) is -33.8. The molecule has 0 radical (unpaired) electrons. The van der Waals surface area contributed by atoms with Crippen LogP contribution < -0.4 is 0 Å². The van der Waals surface area contributed by atoms with Gasteiger partial charge in [-0.1, -0.05) is 0 Å². The highest BCUT2D eigenvalue weighted by Crippen LogP contribution is 2.56. The number of hydrogen-bond donors (Lipinski definition) is 9. The number of phosphoric ester groups is 1. The lowest BCUT2D eigenvalue weighted by Crippen LogP contribution is -2.59. The summed E-state index contributed by atoms with van der Waals surface area (Å²) in [5, 5.41) is 86.9. The molecule has 3 rings (SSSR count). The number of aliphatic hydroxyl groups excluding tert-OH is 9. The molecule has 3 fully saturated rings. The molecule has 0 unspecified atom stereocenters. The van der Waals surface area contributed by atoms with E-state index in [1.54, 1.807) is 0 Å². The molecular weight excluding hydrogens is 560 g/mol. The lowest BCUT2D eigenvalue weighted by molar-refractivity contribution is -0.297. The predicted molar refractivity (Wildman–Crippen MR) is 109 cm³/mol. The maximum absolute atomic E-state index is 14.7. The van der Waals surface area contributed by atoms with Crippen LogP contribution in [0.2, 0.25) is 0 Å². The maximum atomic E-state index is 14.7. The third-order valence-electron chi connectivity index (χ3n) is 6.12. The first-order valence-electron chi connectivity index (χ1n) is 11.2. The van der Waals surface area contributed by atoms with Crippen LogP contribution in [-0.2, 0) is 32.3 Å². The van der Waals surface area contributed by atoms with Crippen LogP contribution in [0.4, 0.5) is 13.2 Å². The van der Waals surface area contributed by atoms with Gasteiger partial charge in [-0.2, -0.15) is 0 Å². The number of ether oxygens (including phenoxy) is 3. The van der Waals surface area contributed by atoms with Crippen LogP contribution in [-0.4, -0.2) is 158 Å². The van der Waals surface area contributed by atoms with Crippen molar-refractivity contribution in [2.45, 2.75) is 92.3 Å². The first-order chi connectivity index (χ1) is 17.8. The van der Waals surface area contributed by atoms with Gasteiger partial charge in [0.05, 0.1) is 19.8 Å². The topological polar surface area (TPSA) is 255 Å². The Labute approximate surface area is 212 Å². The van der Waals surface area contributed by atoms with Gasteiger partial charge in [-0.25, -0.2) is 17.7 Å². The standard InChI is InChI=1S/C18H30F3O16P/c19-7-13(28)10(25)4(1-22)32-16(7)35-38(31,36-17-8(20)14(29)11(26)5(2-23)33-17)37-18-9(21)15(30)12(27)6(3-24)34-18/h4-18,22-30H,1-3H2/t4-,5-,6-,7-,8-,9-,10+,11+,12+,13-,14-,15-,16-,17-,18-/m1/s1. The van der Waals surface area contributed by atoms with Crippen molar-refractivity contribution in [3.63, 3.8) is 0 Å². The van der Waals surface area contributed by atoms with Gasteiger partial charge in [0.15, 0.2) is 18.5 Å². The summed E-state index contributed by atoms with van der Waals surface area (Å²) in [6, 6.07) is 0. The number of halogens is 3. The van der Waals surface area contributed by atoms with E-state index in [0.29, 0.717) is 0 Å². The third kappa shape index (κ3) is 6.49. The fourth-order valence-corrected chi connectivity index (χ4v) is 5.26. The van der Waals surface area contributed by atoms with Crippen molar-refractivity contribution in [2.75, 3.05) is 19.8 Å². The quantitative estimate of drug-likeness (QED) is 0.115. The van der Waals surface area contributed by atoms with Crippen LogP contribution in [0.15, 0.2) is 0 Å². The molecule has 3 aliphatic rings. The van der Waals surface area contributed by atoms with Gasteiger partial charge >= 0.3 is 7.82 Å². The Morgan fingerprint density at radius 2 is 0.763 bits per heavy atom. The number of hydrogen-bond acceptors (Lipinski definition) is 16. The minimum absolute atomic E-state index is 1.02. The van der Waals surface area contributed by atoms with E-state index < -0.39 is 120 Å². The third-order valence-corrected chi connectivity index (χ3v) is 7.51. The molecule has 0 aromatic carbocycles. The van der Waals surface area contributed by atoms with E-state index in [9.17, 15) is 63.7 Å². The Hall–Kier alpha value is -0.580. The van der Waals surface area contributed by atoms with E-state index in [-0.39, 0.29) is 0 Å². The molecule has 0 aromatic rings. The lowest BCUT2D eigenvalue weighted by Gasteiger charge is -2.43. The summed E-state index contributed by atoms with van der Waals surface area (Å²) in [5.74, 6) is 0. The number of alkyl halides is 3. The predicted octanol–water partition coefficient (Wildman–Crippen LogP) is -4.52. The van der Waals surface area contributed by atoms with Crippen molar-refractivity contribution < 1.29 is 91.5 Å². The zero-order valence-electron chi connectivity index (χ0n) is 19.2. The zero-order chi connectivity index (χ0) is 28.5. The summed E-state index contributed by atoms with van der Waals surface area (Å²) in [4.78, 5) is 0. The number of phosphoric acid groups is 1. The average Bonchev–Trinajstić information content (AvgIpc) is 2.89. The summed E-state index contributed by atoms with van der Waals surface area (Å²) in [6.45, 7) is -3.05. The largest absolute Gasteiger partial charge is 0.482 e. The molecular formula is C18H30F3O16P. The van der Waals surface area contributed by atoms with E-state index in [1.165, 1.54) is 0 Å². The molecule has 224 valence electrons. The first kappa shape index (κ1) is 31.9. The fraction of sp³-hybridized carbons (Fsp3) is 1.00. The Bertz CT molecular complexity index is 712. The molecule has 38 heavy (non-hydrogen) atoms. The van der Waals surface area contributed by atoms with Crippen LogP contribution >= 0.6 is 7.82 Å². The second-order valence-electron chi connectivity index (χ2n) is 8.72. The van der Waals surface area contributed by atoms with Gasteiger partial charge in [0, 0.05) is 0 Å². The lowest BCUT2D eigenvalue weighted by atomic mass is 10.0. The van der Waals surface area contributed by atoms with Crippen LogP contribution in [0.1, 0.15) is 0 Å². The van der Waals surface area contributed by atoms with Crippen LogP contribution in [0, 0.1) is 0 Å². The van der Waals surface area contributed by atoms with Gasteiger partial charge in [0.2, 0.25) is 18.9 Å². The molecule has 0 saturated carbocycles. The fourth-order valence-electron chi connectivity index (χ4n) is 3.85. The molecule has 0 aliphatic carbocycles. The molecule has 3 heterocycles. The Balaban J connectivity index is 1.91. The number of aliphatic hydroxyl groups is 9. The van der Waals surface area contributed by atoms with E-state index in [0.717, 1.165) is 0 Å². The van der Waals surface area contributed by atoms with Crippen LogP contribution in [0.5, 0.6) is 0 Å².